The standard InChI is InChI=1S/C28H30N6O5S/c1-19-3-7-23(8-4-19)34-18-21(17-25(34)35)27(37)33-15-11-20(12-16-33)26(36)31-22-5-9-24(10-6-22)40(38,39)32-28-29-13-2-14-30-28/h2-10,13-14,20-21H,11-12,15-18H2,1H3,(H,31,36)(H,29,30,32). The highest BCUT2D eigenvalue weighted by Crippen LogP contribution is 2.28. The smallest absolute Gasteiger partial charge is 0.264 e. The Morgan fingerprint density at radius 2 is 1.57 bits per heavy atom. The van der Waals surface area contributed by atoms with Crippen molar-refractivity contribution in [1.82, 2.24) is 14.9 Å². The van der Waals surface area contributed by atoms with E-state index in [-0.39, 0.29) is 40.9 Å². The normalized spacial score (nSPS) is 18.0. The minimum atomic E-state index is -3.87. The second-order valence-corrected chi connectivity index (χ2v) is 11.7. The van der Waals surface area contributed by atoms with E-state index < -0.39 is 15.9 Å². The quantitative estimate of drug-likeness (QED) is 0.451. The maximum Gasteiger partial charge on any atom is 0.264 e. The van der Waals surface area contributed by atoms with Crippen molar-refractivity contribution in [2.45, 2.75) is 31.1 Å². The molecule has 3 amide bonds. The van der Waals surface area contributed by atoms with Gasteiger partial charge in [0.15, 0.2) is 0 Å². The average Bonchev–Trinajstić information content (AvgIpc) is 3.35. The largest absolute Gasteiger partial charge is 0.342 e. The Hall–Kier alpha value is -4.32. The van der Waals surface area contributed by atoms with Crippen molar-refractivity contribution in [2.24, 2.45) is 11.8 Å². The van der Waals surface area contributed by atoms with E-state index in [1.807, 2.05) is 31.2 Å². The number of likely N-dealkylation sites (tertiary alicyclic amines) is 1. The van der Waals surface area contributed by atoms with Gasteiger partial charge in [0.25, 0.3) is 10.0 Å². The minimum Gasteiger partial charge on any atom is -0.342 e. The fourth-order valence-corrected chi connectivity index (χ4v) is 5.92. The van der Waals surface area contributed by atoms with Crippen LogP contribution < -0.4 is 14.9 Å². The Labute approximate surface area is 232 Å². The van der Waals surface area contributed by atoms with Gasteiger partial charge in [-0.15, -0.1) is 0 Å². The number of hydrogen-bond donors (Lipinski definition) is 2. The lowest BCUT2D eigenvalue weighted by molar-refractivity contribution is -0.138. The molecule has 1 aromatic heterocycles. The lowest BCUT2D eigenvalue weighted by Crippen LogP contribution is -2.44. The van der Waals surface area contributed by atoms with Gasteiger partial charge in [0.1, 0.15) is 0 Å². The first kappa shape index (κ1) is 27.3. The number of aromatic nitrogens is 2. The van der Waals surface area contributed by atoms with Crippen molar-refractivity contribution in [3.05, 3.63) is 72.6 Å². The lowest BCUT2D eigenvalue weighted by atomic mass is 9.94. The molecule has 1 atom stereocenters. The molecule has 12 heteroatoms. The van der Waals surface area contributed by atoms with Crippen LogP contribution in [0.4, 0.5) is 17.3 Å². The summed E-state index contributed by atoms with van der Waals surface area (Å²) in [7, 11) is -3.87. The Morgan fingerprint density at radius 1 is 0.925 bits per heavy atom. The molecule has 0 spiro atoms. The van der Waals surface area contributed by atoms with Crippen LogP contribution in [0.5, 0.6) is 0 Å². The van der Waals surface area contributed by atoms with Crippen molar-refractivity contribution in [3.8, 4) is 0 Å². The molecule has 0 radical (unpaired) electrons. The van der Waals surface area contributed by atoms with E-state index >= 15 is 0 Å². The number of nitrogens with zero attached hydrogens (tertiary/aromatic N) is 4. The summed E-state index contributed by atoms with van der Waals surface area (Å²) in [4.78, 5) is 49.8. The number of anilines is 3. The number of benzene rings is 2. The Kier molecular flexibility index (Phi) is 7.78. The Morgan fingerprint density at radius 3 is 2.23 bits per heavy atom. The van der Waals surface area contributed by atoms with E-state index in [9.17, 15) is 22.8 Å². The van der Waals surface area contributed by atoms with Crippen molar-refractivity contribution < 1.29 is 22.8 Å². The van der Waals surface area contributed by atoms with Crippen LogP contribution in [0.15, 0.2) is 71.9 Å². The van der Waals surface area contributed by atoms with Crippen LogP contribution in [0.2, 0.25) is 0 Å². The number of amides is 3. The predicted molar refractivity (Wildman–Crippen MR) is 149 cm³/mol. The first-order valence-corrected chi connectivity index (χ1v) is 14.5. The van der Waals surface area contributed by atoms with Gasteiger partial charge in [-0.25, -0.2) is 23.1 Å². The molecule has 1 unspecified atom stereocenters. The number of aryl methyl sites for hydroxylation is 1. The van der Waals surface area contributed by atoms with Crippen LogP contribution in [0, 0.1) is 18.8 Å². The zero-order valence-electron chi connectivity index (χ0n) is 22.0. The molecule has 2 saturated heterocycles. The minimum absolute atomic E-state index is 0.0103. The number of rotatable bonds is 7. The molecule has 5 rings (SSSR count). The number of hydrogen-bond acceptors (Lipinski definition) is 7. The number of nitrogens with one attached hydrogen (secondary N) is 2. The molecule has 2 aliphatic rings. The summed E-state index contributed by atoms with van der Waals surface area (Å²) in [5.41, 5.74) is 2.37. The van der Waals surface area contributed by atoms with Gasteiger partial charge >= 0.3 is 0 Å². The fraction of sp³-hybridized carbons (Fsp3) is 0.321. The predicted octanol–water partition coefficient (Wildman–Crippen LogP) is 2.82. The molecule has 40 heavy (non-hydrogen) atoms. The third-order valence-electron chi connectivity index (χ3n) is 7.22. The number of sulfonamides is 1. The van der Waals surface area contributed by atoms with Crippen molar-refractivity contribution in [3.63, 3.8) is 0 Å². The molecule has 2 fully saturated rings. The zero-order valence-corrected chi connectivity index (χ0v) is 22.8. The van der Waals surface area contributed by atoms with Crippen molar-refractivity contribution in [2.75, 3.05) is 34.6 Å². The molecular formula is C28H30N6O5S. The summed E-state index contributed by atoms with van der Waals surface area (Å²) in [6.45, 7) is 3.23. The van der Waals surface area contributed by atoms with Crippen LogP contribution in [0.25, 0.3) is 0 Å². The van der Waals surface area contributed by atoms with Gasteiger partial charge in [-0.05, 0) is 62.2 Å². The Bertz CT molecular complexity index is 1490. The fourth-order valence-electron chi connectivity index (χ4n) is 4.96. The van der Waals surface area contributed by atoms with Gasteiger partial charge in [0.05, 0.1) is 10.8 Å². The number of piperidine rings is 1. The summed E-state index contributed by atoms with van der Waals surface area (Å²) >= 11 is 0. The number of carbonyl (C=O) groups is 3. The highest BCUT2D eigenvalue weighted by molar-refractivity contribution is 7.92. The van der Waals surface area contributed by atoms with Gasteiger partial charge in [0, 0.05) is 55.7 Å². The molecule has 2 aliphatic heterocycles. The van der Waals surface area contributed by atoms with Gasteiger partial charge < -0.3 is 15.1 Å². The van der Waals surface area contributed by atoms with Gasteiger partial charge in [-0.1, -0.05) is 17.7 Å². The van der Waals surface area contributed by atoms with Crippen LogP contribution in [-0.4, -0.2) is 60.6 Å². The first-order chi connectivity index (χ1) is 19.2. The third kappa shape index (κ3) is 6.12. The van der Waals surface area contributed by atoms with Crippen molar-refractivity contribution >= 4 is 45.1 Å². The van der Waals surface area contributed by atoms with Crippen molar-refractivity contribution in [1.29, 1.82) is 0 Å². The SMILES string of the molecule is Cc1ccc(N2CC(C(=O)N3CCC(C(=O)Nc4ccc(S(=O)(=O)Nc5ncccn5)cc4)CC3)CC2=O)cc1. The highest BCUT2D eigenvalue weighted by atomic mass is 32.2. The van der Waals surface area contributed by atoms with E-state index in [0.717, 1.165) is 11.3 Å². The first-order valence-electron chi connectivity index (χ1n) is 13.1. The summed E-state index contributed by atoms with van der Waals surface area (Å²) in [5.74, 6) is -0.990. The van der Waals surface area contributed by atoms with E-state index in [1.165, 1.54) is 36.7 Å². The molecule has 3 aromatic rings. The number of carbonyl (C=O) groups excluding carboxylic acids is 3. The van der Waals surface area contributed by atoms with E-state index in [0.29, 0.717) is 38.2 Å². The molecule has 11 nitrogen and oxygen atoms in total. The van der Waals surface area contributed by atoms with Crippen LogP contribution >= 0.6 is 0 Å². The zero-order chi connectivity index (χ0) is 28.3. The van der Waals surface area contributed by atoms with Gasteiger partial charge in [-0.2, -0.15) is 0 Å². The summed E-state index contributed by atoms with van der Waals surface area (Å²) < 4.78 is 27.4. The third-order valence-corrected chi connectivity index (χ3v) is 8.56. The van der Waals surface area contributed by atoms with Gasteiger partial charge in [0.2, 0.25) is 23.7 Å². The van der Waals surface area contributed by atoms with Crippen LogP contribution in [0.1, 0.15) is 24.8 Å². The van der Waals surface area contributed by atoms with E-state index in [1.54, 1.807) is 15.9 Å². The van der Waals surface area contributed by atoms with E-state index in [4.69, 9.17) is 0 Å². The van der Waals surface area contributed by atoms with E-state index in [2.05, 4.69) is 20.0 Å². The van der Waals surface area contributed by atoms with Gasteiger partial charge in [-0.3, -0.25) is 14.4 Å². The molecule has 2 aromatic carbocycles. The monoisotopic (exact) mass is 562 g/mol. The molecule has 0 bridgehead atoms. The Balaban J connectivity index is 1.11. The molecular weight excluding hydrogens is 532 g/mol. The molecule has 2 N–H and O–H groups in total. The van der Waals surface area contributed by atoms with Crippen LogP contribution in [-0.2, 0) is 24.4 Å². The molecule has 0 saturated carbocycles. The second-order valence-electron chi connectivity index (χ2n) is 10.0. The highest BCUT2D eigenvalue weighted by Gasteiger charge is 2.38. The average molecular weight is 563 g/mol. The van der Waals surface area contributed by atoms with Crippen LogP contribution in [0.3, 0.4) is 0 Å². The molecule has 3 heterocycles. The summed E-state index contributed by atoms with van der Waals surface area (Å²) in [6, 6.07) is 15.1. The summed E-state index contributed by atoms with van der Waals surface area (Å²) in [6.07, 6.45) is 4.06. The second kappa shape index (κ2) is 11.4. The molecule has 0 aliphatic carbocycles. The topological polar surface area (TPSA) is 142 Å². The maximum atomic E-state index is 13.2. The summed E-state index contributed by atoms with van der Waals surface area (Å²) in [5, 5.41) is 2.84. The lowest BCUT2D eigenvalue weighted by Gasteiger charge is -2.33. The molecule has 208 valence electrons. The maximum absolute atomic E-state index is 13.2.